The minimum absolute atomic E-state index is 0.262. The van der Waals surface area contributed by atoms with E-state index in [2.05, 4.69) is 5.32 Å². The Labute approximate surface area is 118 Å². The Morgan fingerprint density at radius 2 is 2.11 bits per heavy atom. The number of hydrogen-bond donors (Lipinski definition) is 1. The summed E-state index contributed by atoms with van der Waals surface area (Å²) < 4.78 is 27.2. The fraction of sp³-hybridized carbons (Fsp3) is 0.692. The summed E-state index contributed by atoms with van der Waals surface area (Å²) in [6, 6.07) is 2.08. The Hall–Kier alpha value is -0.430. The van der Waals surface area contributed by atoms with Crippen molar-refractivity contribution in [3.05, 3.63) is 16.3 Å². The first-order valence-corrected chi connectivity index (χ1v) is 9.17. The molecule has 2 saturated carbocycles. The molecule has 1 aromatic rings. The number of hydrogen-bond acceptors (Lipinski definition) is 4. The molecule has 0 aromatic carbocycles. The van der Waals surface area contributed by atoms with Gasteiger partial charge < -0.3 is 5.32 Å². The van der Waals surface area contributed by atoms with Crippen molar-refractivity contribution >= 4 is 21.4 Å². The van der Waals surface area contributed by atoms with Gasteiger partial charge in [0.15, 0.2) is 0 Å². The monoisotopic (exact) mass is 300 g/mol. The van der Waals surface area contributed by atoms with Gasteiger partial charge in [-0.05, 0) is 44.7 Å². The highest BCUT2D eigenvalue weighted by Gasteiger charge is 2.41. The van der Waals surface area contributed by atoms with E-state index in [1.807, 2.05) is 13.1 Å². The van der Waals surface area contributed by atoms with E-state index in [4.69, 9.17) is 0 Å². The Balaban J connectivity index is 1.81. The zero-order valence-electron chi connectivity index (χ0n) is 11.1. The van der Waals surface area contributed by atoms with Gasteiger partial charge in [-0.3, -0.25) is 0 Å². The molecule has 0 bridgehead atoms. The minimum Gasteiger partial charge on any atom is -0.315 e. The van der Waals surface area contributed by atoms with Crippen LogP contribution in [0.25, 0.3) is 0 Å². The van der Waals surface area contributed by atoms with Crippen molar-refractivity contribution in [2.45, 2.75) is 43.2 Å². The first-order valence-electron chi connectivity index (χ1n) is 6.85. The normalized spacial score (nSPS) is 20.1. The van der Waals surface area contributed by atoms with Crippen LogP contribution in [0.15, 0.2) is 16.3 Å². The molecule has 1 heterocycles. The molecule has 2 aliphatic carbocycles. The number of nitrogens with one attached hydrogen (secondary N) is 1. The molecular weight excluding hydrogens is 280 g/mol. The number of rotatable bonds is 7. The lowest BCUT2D eigenvalue weighted by molar-refractivity contribution is 0.389. The maximum absolute atomic E-state index is 12.7. The van der Waals surface area contributed by atoms with Gasteiger partial charge in [0.1, 0.15) is 0 Å². The second-order valence-corrected chi connectivity index (χ2v) is 8.41. The quantitative estimate of drug-likeness (QED) is 0.838. The number of thiophene rings is 1. The van der Waals surface area contributed by atoms with Gasteiger partial charge in [0.25, 0.3) is 0 Å². The molecule has 0 radical (unpaired) electrons. The Bertz CT molecular complexity index is 545. The molecule has 0 spiro atoms. The van der Waals surface area contributed by atoms with Crippen LogP contribution in [0.2, 0.25) is 0 Å². The van der Waals surface area contributed by atoms with Gasteiger partial charge in [-0.1, -0.05) is 0 Å². The van der Waals surface area contributed by atoms with Crippen LogP contribution in [0.1, 0.15) is 30.6 Å². The van der Waals surface area contributed by atoms with Crippen molar-refractivity contribution in [2.24, 2.45) is 5.92 Å². The minimum atomic E-state index is -3.27. The molecule has 2 fully saturated rings. The van der Waals surface area contributed by atoms with Crippen LogP contribution in [-0.4, -0.2) is 32.4 Å². The van der Waals surface area contributed by atoms with Crippen molar-refractivity contribution < 1.29 is 8.42 Å². The number of sulfonamides is 1. The molecular formula is C13H20N2O2S2. The zero-order valence-corrected chi connectivity index (χ0v) is 12.8. The third-order valence-electron chi connectivity index (χ3n) is 3.68. The van der Waals surface area contributed by atoms with Crippen molar-refractivity contribution in [3.63, 3.8) is 0 Å². The average Bonchev–Trinajstić information content (AvgIpc) is 3.27. The van der Waals surface area contributed by atoms with E-state index in [0.29, 0.717) is 10.8 Å². The molecule has 1 N–H and O–H groups in total. The Kier molecular flexibility index (Phi) is 3.68. The van der Waals surface area contributed by atoms with Crippen molar-refractivity contribution in [3.8, 4) is 0 Å². The number of nitrogens with zero attached hydrogens (tertiary/aromatic N) is 1. The van der Waals surface area contributed by atoms with Crippen molar-refractivity contribution in [2.75, 3.05) is 13.6 Å². The summed E-state index contributed by atoms with van der Waals surface area (Å²) in [5, 5.41) is 4.84. The summed E-state index contributed by atoms with van der Waals surface area (Å²) in [6.07, 6.45) is 4.43. The van der Waals surface area contributed by atoms with E-state index in [9.17, 15) is 8.42 Å². The van der Waals surface area contributed by atoms with Crippen molar-refractivity contribution in [1.29, 1.82) is 0 Å². The molecule has 1 aromatic heterocycles. The first kappa shape index (κ1) is 13.5. The largest absolute Gasteiger partial charge is 0.315 e. The lowest BCUT2D eigenvalue weighted by atomic mass is 10.4. The van der Waals surface area contributed by atoms with Crippen LogP contribution in [0.3, 0.4) is 0 Å². The molecule has 0 aliphatic heterocycles. The lowest BCUT2D eigenvalue weighted by Crippen LogP contribution is -2.34. The van der Waals surface area contributed by atoms with Crippen LogP contribution >= 0.6 is 11.3 Å². The highest BCUT2D eigenvalue weighted by Crippen LogP contribution is 2.38. The van der Waals surface area contributed by atoms with E-state index < -0.39 is 10.0 Å². The van der Waals surface area contributed by atoms with E-state index in [0.717, 1.165) is 30.8 Å². The van der Waals surface area contributed by atoms with Crippen LogP contribution in [0, 0.1) is 5.92 Å². The smallest absolute Gasteiger partial charge is 0.244 e. The second kappa shape index (κ2) is 5.16. The van der Waals surface area contributed by atoms with Gasteiger partial charge in [0.2, 0.25) is 10.0 Å². The van der Waals surface area contributed by atoms with E-state index in [1.165, 1.54) is 24.2 Å². The summed E-state index contributed by atoms with van der Waals surface area (Å²) >= 11 is 1.52. The van der Waals surface area contributed by atoms with Gasteiger partial charge in [0.05, 0.1) is 4.90 Å². The summed E-state index contributed by atoms with van der Waals surface area (Å²) in [4.78, 5) is 1.55. The molecule has 2 aliphatic rings. The molecule has 106 valence electrons. The van der Waals surface area contributed by atoms with Crippen LogP contribution in [-0.2, 0) is 16.6 Å². The topological polar surface area (TPSA) is 49.4 Å². The molecule has 6 heteroatoms. The lowest BCUT2D eigenvalue weighted by Gasteiger charge is -2.20. The third-order valence-corrected chi connectivity index (χ3v) is 6.66. The molecule has 19 heavy (non-hydrogen) atoms. The predicted octanol–water partition coefficient (Wildman–Crippen LogP) is 2.03. The second-order valence-electron chi connectivity index (χ2n) is 5.53. The highest BCUT2D eigenvalue weighted by atomic mass is 32.2. The van der Waals surface area contributed by atoms with Gasteiger partial charge in [0, 0.05) is 29.4 Å². The van der Waals surface area contributed by atoms with Gasteiger partial charge >= 0.3 is 0 Å². The summed E-state index contributed by atoms with van der Waals surface area (Å²) in [7, 11) is -1.40. The zero-order chi connectivity index (χ0) is 13.5. The van der Waals surface area contributed by atoms with Crippen molar-refractivity contribution in [1.82, 2.24) is 9.62 Å². The molecule has 0 saturated heterocycles. The molecule has 3 rings (SSSR count). The summed E-state index contributed by atoms with van der Waals surface area (Å²) in [5.41, 5.74) is 0. The standard InChI is InChI=1S/C13H20N2O2S2/c1-14-7-12-6-13(9-18-12)19(16,17)15(11-4-5-11)8-10-2-3-10/h6,9-11,14H,2-5,7-8H2,1H3. The summed E-state index contributed by atoms with van der Waals surface area (Å²) in [6.45, 7) is 1.45. The van der Waals surface area contributed by atoms with Crippen LogP contribution in [0.5, 0.6) is 0 Å². The third kappa shape index (κ3) is 3.02. The Morgan fingerprint density at radius 3 is 2.68 bits per heavy atom. The van der Waals surface area contributed by atoms with E-state index in [1.54, 1.807) is 9.69 Å². The maximum atomic E-state index is 12.7. The van der Waals surface area contributed by atoms with Gasteiger partial charge in [-0.15, -0.1) is 11.3 Å². The van der Waals surface area contributed by atoms with Gasteiger partial charge in [-0.2, -0.15) is 4.31 Å². The molecule has 4 nitrogen and oxygen atoms in total. The Morgan fingerprint density at radius 1 is 1.37 bits per heavy atom. The average molecular weight is 300 g/mol. The molecule has 0 amide bonds. The van der Waals surface area contributed by atoms with E-state index in [-0.39, 0.29) is 6.04 Å². The fourth-order valence-corrected chi connectivity index (χ4v) is 5.29. The van der Waals surface area contributed by atoms with E-state index >= 15 is 0 Å². The van der Waals surface area contributed by atoms with Gasteiger partial charge in [-0.25, -0.2) is 8.42 Å². The molecule has 0 unspecified atom stereocenters. The summed E-state index contributed by atoms with van der Waals surface area (Å²) in [5.74, 6) is 0.603. The van der Waals surface area contributed by atoms with Crippen LogP contribution < -0.4 is 5.32 Å². The SMILES string of the molecule is CNCc1cc(S(=O)(=O)N(CC2CC2)C2CC2)cs1. The first-order chi connectivity index (χ1) is 9.11. The van der Waals surface area contributed by atoms with Crippen LogP contribution in [0.4, 0.5) is 0 Å². The molecule has 0 atom stereocenters. The predicted molar refractivity (Wildman–Crippen MR) is 76.7 cm³/mol. The highest BCUT2D eigenvalue weighted by molar-refractivity contribution is 7.89. The fourth-order valence-electron chi connectivity index (χ4n) is 2.26. The maximum Gasteiger partial charge on any atom is 0.244 e.